The minimum Gasteiger partial charge on any atom is -0.343 e. The van der Waals surface area contributed by atoms with Crippen LogP contribution >= 0.6 is 23.5 Å². The van der Waals surface area contributed by atoms with Gasteiger partial charge in [0.2, 0.25) is 0 Å². The fourth-order valence-corrected chi connectivity index (χ4v) is 0.929. The molecule has 0 spiro atoms. The smallest absolute Gasteiger partial charge is 0.343 e. The summed E-state index contributed by atoms with van der Waals surface area (Å²) in [7, 11) is 0. The average Bonchev–Trinajstić information content (AvgIpc) is 2.15. The summed E-state index contributed by atoms with van der Waals surface area (Å²) < 4.78 is 18.3. The van der Waals surface area contributed by atoms with Crippen LogP contribution < -0.4 is 0 Å². The molecule has 1 rings (SSSR count). The van der Waals surface area contributed by atoms with E-state index in [2.05, 4.69) is 4.29 Å². The van der Waals surface area contributed by atoms with E-state index in [0.717, 1.165) is 0 Å². The first-order valence-electron chi connectivity index (χ1n) is 4.07. The first-order chi connectivity index (χ1) is 6.45. The Kier molecular flexibility index (Phi) is 2.44. The molecule has 0 aromatic heterocycles. The first kappa shape index (κ1) is 6.75. The van der Waals surface area contributed by atoms with E-state index in [-0.39, 0.29) is 11.1 Å². The Bertz CT molecular complexity index is 332. The quantitative estimate of drug-likeness (QED) is 0.697. The van der Waals surface area contributed by atoms with Crippen LogP contribution in [-0.2, 0) is 10.1 Å². The Morgan fingerprint density at radius 1 is 1.50 bits per heavy atom. The van der Waals surface area contributed by atoms with Crippen LogP contribution in [0, 0.1) is 0 Å². The number of hydrogen-bond acceptors (Lipinski definition) is 2. The summed E-state index contributed by atoms with van der Waals surface area (Å²) >= 11 is 10.3. The number of benzene rings is 1. The van der Waals surface area contributed by atoms with Crippen molar-refractivity contribution >= 4 is 29.4 Å². The number of rotatable bonds is 2. The van der Waals surface area contributed by atoms with Crippen molar-refractivity contribution in [2.75, 3.05) is 0 Å². The fraction of sp³-hybridized carbons (Fsp3) is 0.125. The van der Waals surface area contributed by atoms with Crippen molar-refractivity contribution in [2.45, 2.75) is 5.83 Å². The molecule has 0 atom stereocenters. The van der Waals surface area contributed by atoms with Crippen molar-refractivity contribution in [3.8, 4) is 0 Å². The molecule has 0 N–H and O–H groups in total. The number of halogens is 2. The Hall–Kier alpha value is -0.730. The van der Waals surface area contributed by atoms with Crippen molar-refractivity contribution in [1.29, 1.82) is 0 Å². The van der Waals surface area contributed by atoms with E-state index in [1.54, 1.807) is 0 Å². The highest BCUT2D eigenvalue weighted by atomic mass is 35.5. The van der Waals surface area contributed by atoms with Gasteiger partial charge in [0.1, 0.15) is 11.9 Å². The van der Waals surface area contributed by atoms with Gasteiger partial charge in [0, 0.05) is 8.57 Å². The highest BCUT2D eigenvalue weighted by Gasteiger charge is 2.04. The minimum atomic E-state index is -1.94. The monoisotopic (exact) mass is 206 g/mol. The Balaban J connectivity index is 2.95. The molecule has 4 heteroatoms. The molecule has 1 aromatic carbocycles. The third-order valence-electron chi connectivity index (χ3n) is 1.30. The molecule has 12 heavy (non-hydrogen) atoms. The van der Waals surface area contributed by atoms with Gasteiger partial charge in [-0.3, -0.25) is 0 Å². The standard InChI is InChI=1S/C8H6Cl2O2/c9-5-6-1-3-7(4-2-6)8(11)12-10/h1-4H,5H2/i5D2. The Labute approximate surface area is 83.0 Å². The lowest BCUT2D eigenvalue weighted by atomic mass is 10.1. The van der Waals surface area contributed by atoms with E-state index in [1.807, 2.05) is 0 Å². The van der Waals surface area contributed by atoms with Crippen LogP contribution in [0.2, 0.25) is 0 Å². The van der Waals surface area contributed by atoms with Crippen LogP contribution in [0.3, 0.4) is 0 Å². The number of hydrogen-bond donors (Lipinski definition) is 0. The second-order valence-electron chi connectivity index (χ2n) is 2.04. The summed E-state index contributed by atoms with van der Waals surface area (Å²) in [6.07, 6.45) is 0. The van der Waals surface area contributed by atoms with Crippen LogP contribution in [0.4, 0.5) is 0 Å². The molecule has 2 nitrogen and oxygen atoms in total. The lowest BCUT2D eigenvalue weighted by molar-refractivity contribution is 0.0751. The first-order valence-corrected chi connectivity index (χ1v) is 3.76. The molecule has 1 aromatic rings. The topological polar surface area (TPSA) is 26.3 Å². The van der Waals surface area contributed by atoms with Gasteiger partial charge < -0.3 is 4.29 Å². The van der Waals surface area contributed by atoms with Gasteiger partial charge in [-0.15, -0.1) is 11.6 Å². The molecule has 0 radical (unpaired) electrons. The van der Waals surface area contributed by atoms with Gasteiger partial charge in [0.25, 0.3) is 0 Å². The zero-order valence-corrected chi connectivity index (χ0v) is 7.39. The SMILES string of the molecule is [2H]C([2H])(Cl)c1ccc(C(=O)OCl)cc1. The molecule has 0 saturated heterocycles. The maximum absolute atomic E-state index is 10.9. The molecular formula is C8H6Cl2O2. The lowest BCUT2D eigenvalue weighted by Gasteiger charge is -1.97. The predicted octanol–water partition coefficient (Wildman–Crippen LogP) is 2.74. The van der Waals surface area contributed by atoms with Gasteiger partial charge in [0.15, 0.2) is 0 Å². The van der Waals surface area contributed by atoms with Crippen LogP contribution in [0.15, 0.2) is 24.3 Å². The molecule has 0 amide bonds. The van der Waals surface area contributed by atoms with Gasteiger partial charge in [-0.05, 0) is 17.7 Å². The summed E-state index contributed by atoms with van der Waals surface area (Å²) in [6, 6.07) is 5.58. The zero-order valence-electron chi connectivity index (χ0n) is 7.88. The molecule has 0 aliphatic rings. The largest absolute Gasteiger partial charge is 0.356 e. The molecule has 0 fully saturated rings. The highest BCUT2D eigenvalue weighted by molar-refractivity contribution is 6.17. The Morgan fingerprint density at radius 3 is 2.50 bits per heavy atom. The maximum Gasteiger partial charge on any atom is 0.356 e. The molecule has 0 aliphatic heterocycles. The van der Waals surface area contributed by atoms with E-state index >= 15 is 0 Å². The molecule has 0 saturated carbocycles. The van der Waals surface area contributed by atoms with E-state index in [9.17, 15) is 4.79 Å². The van der Waals surface area contributed by atoms with E-state index in [1.165, 1.54) is 24.3 Å². The molecule has 64 valence electrons. The molecule has 0 bridgehead atoms. The summed E-state index contributed by atoms with van der Waals surface area (Å²) in [6.45, 7) is 0. The van der Waals surface area contributed by atoms with Gasteiger partial charge in [-0.1, -0.05) is 12.1 Å². The molecule has 0 aliphatic carbocycles. The van der Waals surface area contributed by atoms with Crippen LogP contribution in [-0.4, -0.2) is 5.97 Å². The van der Waals surface area contributed by atoms with Crippen LogP contribution in [0.1, 0.15) is 18.7 Å². The third kappa shape index (κ3) is 2.13. The van der Waals surface area contributed by atoms with Crippen LogP contribution in [0.5, 0.6) is 0 Å². The number of carbonyl (C=O) groups excluding carboxylic acids is 1. The van der Waals surface area contributed by atoms with Crippen molar-refractivity contribution in [3.63, 3.8) is 0 Å². The van der Waals surface area contributed by atoms with Crippen molar-refractivity contribution in [3.05, 3.63) is 35.4 Å². The highest BCUT2D eigenvalue weighted by Crippen LogP contribution is 2.08. The third-order valence-corrected chi connectivity index (χ3v) is 1.66. The molecular weight excluding hydrogens is 199 g/mol. The number of alkyl halides is 1. The second kappa shape index (κ2) is 4.33. The van der Waals surface area contributed by atoms with E-state index < -0.39 is 11.8 Å². The molecule has 0 unspecified atom stereocenters. The van der Waals surface area contributed by atoms with E-state index in [0.29, 0.717) is 0 Å². The summed E-state index contributed by atoms with van der Waals surface area (Å²) in [5, 5.41) is 0. The van der Waals surface area contributed by atoms with Gasteiger partial charge in [0.05, 0.1) is 5.56 Å². The minimum absolute atomic E-state index is 0.240. The summed E-state index contributed by atoms with van der Waals surface area (Å²) in [5.41, 5.74) is 0.509. The van der Waals surface area contributed by atoms with Crippen LogP contribution in [0.25, 0.3) is 0 Å². The Morgan fingerprint density at radius 2 is 2.08 bits per heavy atom. The van der Waals surface area contributed by atoms with Gasteiger partial charge in [-0.25, -0.2) is 4.79 Å². The van der Waals surface area contributed by atoms with E-state index in [4.69, 9.17) is 26.2 Å². The van der Waals surface area contributed by atoms with Crippen molar-refractivity contribution in [1.82, 2.24) is 0 Å². The normalized spacial score (nSPS) is 13.2. The zero-order chi connectivity index (χ0) is 10.8. The van der Waals surface area contributed by atoms with Gasteiger partial charge in [-0.2, -0.15) is 0 Å². The summed E-state index contributed by atoms with van der Waals surface area (Å²) in [5.74, 6) is -2.63. The van der Waals surface area contributed by atoms with Gasteiger partial charge >= 0.3 is 5.97 Å². The molecule has 0 heterocycles. The fourth-order valence-electron chi connectivity index (χ4n) is 0.714. The summed E-state index contributed by atoms with van der Waals surface area (Å²) in [4.78, 5) is 10.9. The maximum atomic E-state index is 10.9. The van der Waals surface area contributed by atoms with Crippen molar-refractivity contribution in [2.24, 2.45) is 0 Å². The predicted molar refractivity (Wildman–Crippen MR) is 47.3 cm³/mol. The lowest BCUT2D eigenvalue weighted by Crippen LogP contribution is -1.97. The second-order valence-corrected chi connectivity index (χ2v) is 2.38. The van der Waals surface area contributed by atoms with Crippen molar-refractivity contribution < 1.29 is 11.8 Å². The average molecular weight is 207 g/mol. The number of carbonyl (C=O) groups is 1.